The zero-order chi connectivity index (χ0) is 21.2. The van der Waals surface area contributed by atoms with E-state index in [0.717, 1.165) is 36.4 Å². The van der Waals surface area contributed by atoms with Gasteiger partial charge in [0.15, 0.2) is 9.84 Å². The molecule has 1 heterocycles. The Morgan fingerprint density at radius 2 is 1.97 bits per heavy atom. The van der Waals surface area contributed by atoms with Gasteiger partial charge in [0, 0.05) is 18.0 Å². The first-order chi connectivity index (χ1) is 13.7. The summed E-state index contributed by atoms with van der Waals surface area (Å²) in [5.74, 6) is 1.71. The highest BCUT2D eigenvalue weighted by atomic mass is 32.2. The minimum absolute atomic E-state index is 0.0303. The zero-order valence-corrected chi connectivity index (χ0v) is 18.9. The molecule has 6 nitrogen and oxygen atoms in total. The number of sulfone groups is 1. The maximum absolute atomic E-state index is 12.9. The summed E-state index contributed by atoms with van der Waals surface area (Å²) in [4.78, 5) is 17.2. The summed E-state index contributed by atoms with van der Waals surface area (Å²) in [7, 11) is -1.43. The highest BCUT2D eigenvalue weighted by molar-refractivity contribution is 7.91. The fourth-order valence-electron chi connectivity index (χ4n) is 4.94. The molecule has 1 N–H and O–H groups in total. The predicted molar refractivity (Wildman–Crippen MR) is 114 cm³/mol. The molecule has 0 aliphatic heterocycles. The number of aryl methyl sites for hydroxylation is 2. The number of carbonyl (C=O) groups excluding carboxylic acids is 1. The Morgan fingerprint density at radius 1 is 1.28 bits per heavy atom. The van der Waals surface area contributed by atoms with Gasteiger partial charge in [-0.2, -0.15) is 0 Å². The van der Waals surface area contributed by atoms with Crippen molar-refractivity contribution in [2.45, 2.75) is 59.3 Å². The van der Waals surface area contributed by atoms with Crippen molar-refractivity contribution >= 4 is 15.7 Å². The number of aromatic nitrogens is 1. The van der Waals surface area contributed by atoms with Crippen molar-refractivity contribution in [3.05, 3.63) is 22.9 Å². The molecule has 1 amide bonds. The highest BCUT2D eigenvalue weighted by Crippen LogP contribution is 2.54. The van der Waals surface area contributed by atoms with Crippen LogP contribution in [0.15, 0.2) is 6.07 Å². The van der Waals surface area contributed by atoms with Gasteiger partial charge < -0.3 is 10.1 Å². The molecule has 0 saturated heterocycles. The Labute approximate surface area is 174 Å². The molecule has 0 aromatic carbocycles. The van der Waals surface area contributed by atoms with Crippen LogP contribution in [0.4, 0.5) is 0 Å². The van der Waals surface area contributed by atoms with Crippen LogP contribution < -0.4 is 10.1 Å². The number of rotatable bonds is 10. The zero-order valence-electron chi connectivity index (χ0n) is 18.1. The number of pyridine rings is 1. The minimum atomic E-state index is -2.96. The number of nitrogens with one attached hydrogen (secondary N) is 1. The van der Waals surface area contributed by atoms with Gasteiger partial charge in [-0.25, -0.2) is 13.4 Å². The lowest BCUT2D eigenvalue weighted by molar-refractivity contribution is 0.0474. The molecular formula is C22H34N2O4S. The lowest BCUT2D eigenvalue weighted by Crippen LogP contribution is -2.48. The predicted octanol–water partition coefficient (Wildman–Crippen LogP) is 3.46. The van der Waals surface area contributed by atoms with E-state index in [2.05, 4.69) is 10.3 Å². The second-order valence-electron chi connectivity index (χ2n) is 9.18. The van der Waals surface area contributed by atoms with Crippen LogP contribution >= 0.6 is 0 Å². The van der Waals surface area contributed by atoms with Gasteiger partial charge in [-0.3, -0.25) is 4.79 Å². The lowest BCUT2D eigenvalue weighted by atomic mass is 9.60. The van der Waals surface area contributed by atoms with Crippen molar-refractivity contribution in [2.24, 2.45) is 17.3 Å². The third-order valence-electron chi connectivity index (χ3n) is 6.22. The van der Waals surface area contributed by atoms with E-state index in [1.54, 1.807) is 0 Å². The number of amides is 1. The second kappa shape index (κ2) is 8.62. The highest BCUT2D eigenvalue weighted by Gasteiger charge is 2.48. The lowest BCUT2D eigenvalue weighted by Gasteiger charge is -2.48. The van der Waals surface area contributed by atoms with Gasteiger partial charge in [-0.15, -0.1) is 0 Å². The quantitative estimate of drug-likeness (QED) is 0.624. The number of nitrogens with zero attached hydrogens (tertiary/aromatic N) is 1. The molecule has 0 spiro atoms. The van der Waals surface area contributed by atoms with Crippen molar-refractivity contribution in [3.8, 4) is 5.88 Å². The van der Waals surface area contributed by atoms with E-state index in [1.807, 2.05) is 26.8 Å². The van der Waals surface area contributed by atoms with Crippen molar-refractivity contribution in [3.63, 3.8) is 0 Å². The molecule has 3 rings (SSSR count). The fraction of sp³-hybridized carbons (Fsp3) is 0.727. The summed E-state index contributed by atoms with van der Waals surface area (Å²) in [6.07, 6.45) is 6.03. The maximum Gasteiger partial charge on any atom is 0.257 e. The van der Waals surface area contributed by atoms with Crippen LogP contribution in [0.25, 0.3) is 0 Å². The summed E-state index contributed by atoms with van der Waals surface area (Å²) in [5.41, 5.74) is 2.18. The number of hydrogen-bond donors (Lipinski definition) is 1. The van der Waals surface area contributed by atoms with Gasteiger partial charge in [-0.1, -0.05) is 19.8 Å². The molecule has 2 aliphatic rings. The Kier molecular flexibility index (Phi) is 6.56. The molecule has 0 atom stereocenters. The van der Waals surface area contributed by atoms with Crippen molar-refractivity contribution in [1.82, 2.24) is 10.3 Å². The van der Waals surface area contributed by atoms with Crippen LogP contribution in [-0.2, 0) is 9.84 Å². The smallest absolute Gasteiger partial charge is 0.257 e. The summed E-state index contributed by atoms with van der Waals surface area (Å²) in [5, 5.41) is 3.11. The first-order valence-corrected chi connectivity index (χ1v) is 12.5. The summed E-state index contributed by atoms with van der Waals surface area (Å²) >= 11 is 0. The summed E-state index contributed by atoms with van der Waals surface area (Å²) < 4.78 is 29.7. The average molecular weight is 423 g/mol. The van der Waals surface area contributed by atoms with E-state index in [4.69, 9.17) is 4.74 Å². The average Bonchev–Trinajstić information content (AvgIpc) is 3.40. The van der Waals surface area contributed by atoms with Crippen LogP contribution in [0.2, 0.25) is 0 Å². The molecule has 2 aliphatic carbocycles. The molecule has 162 valence electrons. The summed E-state index contributed by atoms with van der Waals surface area (Å²) in [6.45, 7) is 6.26. The number of carbonyl (C=O) groups is 1. The minimum Gasteiger partial charge on any atom is -0.480 e. The molecular weight excluding hydrogens is 388 g/mol. The summed E-state index contributed by atoms with van der Waals surface area (Å²) in [6, 6.07) is 1.88. The number of methoxy groups -OCH3 is 1. The van der Waals surface area contributed by atoms with Crippen molar-refractivity contribution in [2.75, 3.05) is 25.2 Å². The largest absolute Gasteiger partial charge is 0.480 e. The molecule has 0 bridgehead atoms. The fourth-order valence-corrected chi connectivity index (χ4v) is 6.68. The Hall–Kier alpha value is -1.63. The van der Waals surface area contributed by atoms with E-state index in [0.29, 0.717) is 24.4 Å². The van der Waals surface area contributed by atoms with E-state index in [-0.39, 0.29) is 28.7 Å². The molecule has 1 aromatic rings. The maximum atomic E-state index is 12.9. The second-order valence-corrected chi connectivity index (χ2v) is 11.4. The molecule has 0 unspecified atom stereocenters. The van der Waals surface area contributed by atoms with Gasteiger partial charge in [0.25, 0.3) is 5.91 Å². The SMILES string of the molecule is CCCS(=O)(=O)C[C@H]1C[C@](CNC(=O)c2c(C)cc(C)nc2OC)(CC2CC2)C1. The molecule has 0 radical (unpaired) electrons. The number of ether oxygens (including phenoxy) is 1. The monoisotopic (exact) mass is 422 g/mol. The first kappa shape index (κ1) is 22.1. The van der Waals surface area contributed by atoms with Gasteiger partial charge >= 0.3 is 0 Å². The third kappa shape index (κ3) is 5.50. The van der Waals surface area contributed by atoms with Crippen LogP contribution in [0.5, 0.6) is 5.88 Å². The topological polar surface area (TPSA) is 85.4 Å². The Bertz CT molecular complexity index is 856. The van der Waals surface area contributed by atoms with Gasteiger partial charge in [0.1, 0.15) is 5.56 Å². The van der Waals surface area contributed by atoms with E-state index < -0.39 is 9.84 Å². The van der Waals surface area contributed by atoms with Crippen LogP contribution in [-0.4, -0.2) is 44.5 Å². The number of hydrogen-bond acceptors (Lipinski definition) is 5. The van der Waals surface area contributed by atoms with Gasteiger partial charge in [0.05, 0.1) is 12.9 Å². The Balaban J connectivity index is 1.65. The van der Waals surface area contributed by atoms with E-state index in [1.165, 1.54) is 20.0 Å². The standard InChI is InChI=1S/C22H34N2O4S/c1-5-8-29(26,27)13-18-11-22(12-18,10-17-6-7-17)14-23-20(25)19-15(2)9-16(3)24-21(19)28-4/h9,17-18H,5-8,10-14H2,1-4H3,(H,23,25)/t18-,22+. The van der Waals surface area contributed by atoms with Crippen molar-refractivity contribution < 1.29 is 17.9 Å². The van der Waals surface area contributed by atoms with Gasteiger partial charge in [-0.05, 0) is 68.4 Å². The molecule has 1 aromatic heterocycles. The molecule has 7 heteroatoms. The van der Waals surface area contributed by atoms with Crippen LogP contribution in [0.1, 0.15) is 67.1 Å². The molecule has 2 fully saturated rings. The molecule has 29 heavy (non-hydrogen) atoms. The first-order valence-electron chi connectivity index (χ1n) is 10.7. The molecule has 2 saturated carbocycles. The van der Waals surface area contributed by atoms with Crippen LogP contribution in [0, 0.1) is 31.1 Å². The third-order valence-corrected chi connectivity index (χ3v) is 8.23. The van der Waals surface area contributed by atoms with Crippen LogP contribution in [0.3, 0.4) is 0 Å². The van der Waals surface area contributed by atoms with E-state index >= 15 is 0 Å². The van der Waals surface area contributed by atoms with E-state index in [9.17, 15) is 13.2 Å². The van der Waals surface area contributed by atoms with Crippen molar-refractivity contribution in [1.29, 1.82) is 0 Å². The normalized spacial score (nSPS) is 24.1. The Morgan fingerprint density at radius 3 is 2.55 bits per heavy atom. The van der Waals surface area contributed by atoms with Gasteiger partial charge in [0.2, 0.25) is 5.88 Å².